The molecule has 0 aliphatic heterocycles. The van der Waals surface area contributed by atoms with E-state index in [4.69, 9.17) is 4.42 Å². The zero-order valence-electron chi connectivity index (χ0n) is 12.1. The van der Waals surface area contributed by atoms with Crippen molar-refractivity contribution in [1.82, 2.24) is 15.5 Å². The molecule has 3 aromatic rings. The Labute approximate surface area is 127 Å². The minimum atomic E-state index is -0.735. The monoisotopic (exact) mass is 299 g/mol. The van der Waals surface area contributed by atoms with Crippen LogP contribution in [0.4, 0.5) is 0 Å². The molecule has 0 radical (unpaired) electrons. The standard InChI is InChI=1S/C16H17N3O3/c1-10(7-14(20)15-3-2-6-22-15)18-16(21)11-4-5-13-12(8-11)9-17-19-13/h2-6,8-10,14,20H,7H2,1H3,(H,17,19)(H,18,21). The fourth-order valence-corrected chi connectivity index (χ4v) is 2.38. The third kappa shape index (κ3) is 3.01. The number of H-pyrrole nitrogens is 1. The number of aliphatic hydroxyl groups is 1. The van der Waals surface area contributed by atoms with Crippen LogP contribution in [0.1, 0.15) is 35.6 Å². The second-order valence-corrected chi connectivity index (χ2v) is 5.31. The number of aromatic nitrogens is 2. The van der Waals surface area contributed by atoms with Crippen molar-refractivity contribution in [2.75, 3.05) is 0 Å². The van der Waals surface area contributed by atoms with Crippen molar-refractivity contribution in [2.45, 2.75) is 25.5 Å². The Balaban J connectivity index is 1.63. The van der Waals surface area contributed by atoms with Gasteiger partial charge in [-0.25, -0.2) is 0 Å². The third-order valence-electron chi connectivity index (χ3n) is 3.53. The number of amides is 1. The second kappa shape index (κ2) is 6.03. The molecule has 6 nitrogen and oxygen atoms in total. The quantitative estimate of drug-likeness (QED) is 0.674. The first-order valence-electron chi connectivity index (χ1n) is 7.09. The summed E-state index contributed by atoms with van der Waals surface area (Å²) in [6.07, 6.45) is 2.84. The Kier molecular flexibility index (Phi) is 3.93. The molecular weight excluding hydrogens is 282 g/mol. The number of hydrogen-bond donors (Lipinski definition) is 3. The summed E-state index contributed by atoms with van der Waals surface area (Å²) in [4.78, 5) is 12.2. The van der Waals surface area contributed by atoms with Gasteiger partial charge in [-0.05, 0) is 37.3 Å². The number of hydrogen-bond acceptors (Lipinski definition) is 4. The summed E-state index contributed by atoms with van der Waals surface area (Å²) < 4.78 is 5.15. The highest BCUT2D eigenvalue weighted by molar-refractivity contribution is 5.97. The van der Waals surface area contributed by atoms with E-state index in [0.29, 0.717) is 17.7 Å². The molecule has 1 amide bonds. The molecule has 22 heavy (non-hydrogen) atoms. The van der Waals surface area contributed by atoms with Gasteiger partial charge in [-0.1, -0.05) is 0 Å². The minimum Gasteiger partial charge on any atom is -0.467 e. The van der Waals surface area contributed by atoms with Crippen LogP contribution in [-0.4, -0.2) is 27.3 Å². The van der Waals surface area contributed by atoms with E-state index in [9.17, 15) is 9.90 Å². The highest BCUT2D eigenvalue weighted by atomic mass is 16.4. The summed E-state index contributed by atoms with van der Waals surface area (Å²) in [7, 11) is 0. The molecule has 1 aromatic carbocycles. The zero-order valence-corrected chi connectivity index (χ0v) is 12.1. The molecule has 0 bridgehead atoms. The number of rotatable bonds is 5. The van der Waals surface area contributed by atoms with Crippen molar-refractivity contribution in [2.24, 2.45) is 0 Å². The maximum absolute atomic E-state index is 12.2. The van der Waals surface area contributed by atoms with Crippen molar-refractivity contribution in [1.29, 1.82) is 0 Å². The van der Waals surface area contributed by atoms with Crippen molar-refractivity contribution < 1.29 is 14.3 Å². The molecule has 3 N–H and O–H groups in total. The normalized spacial score (nSPS) is 13.9. The Morgan fingerprint density at radius 2 is 2.32 bits per heavy atom. The lowest BCUT2D eigenvalue weighted by Crippen LogP contribution is -2.33. The molecule has 0 fully saturated rings. The summed E-state index contributed by atoms with van der Waals surface area (Å²) in [5, 5.41) is 20.6. The molecule has 0 saturated carbocycles. The number of aliphatic hydroxyl groups excluding tert-OH is 1. The topological polar surface area (TPSA) is 91.2 Å². The minimum absolute atomic E-state index is 0.178. The number of nitrogens with zero attached hydrogens (tertiary/aromatic N) is 1. The fourth-order valence-electron chi connectivity index (χ4n) is 2.38. The van der Waals surface area contributed by atoms with E-state index >= 15 is 0 Å². The molecule has 114 valence electrons. The largest absolute Gasteiger partial charge is 0.467 e. The zero-order chi connectivity index (χ0) is 15.5. The number of aromatic amines is 1. The third-order valence-corrected chi connectivity index (χ3v) is 3.53. The molecule has 0 aliphatic rings. The molecule has 2 atom stereocenters. The van der Waals surface area contributed by atoms with E-state index in [1.54, 1.807) is 30.5 Å². The SMILES string of the molecule is CC(CC(O)c1ccco1)NC(=O)c1ccc2[nH]ncc2c1. The molecule has 0 saturated heterocycles. The summed E-state index contributed by atoms with van der Waals surface area (Å²) >= 11 is 0. The van der Waals surface area contributed by atoms with Gasteiger partial charge in [-0.2, -0.15) is 5.10 Å². The molecule has 6 heteroatoms. The average molecular weight is 299 g/mol. The smallest absolute Gasteiger partial charge is 0.251 e. The lowest BCUT2D eigenvalue weighted by molar-refractivity contribution is 0.0903. The molecule has 2 aromatic heterocycles. The van der Waals surface area contributed by atoms with Crippen molar-refractivity contribution >= 4 is 16.8 Å². The van der Waals surface area contributed by atoms with Crippen molar-refractivity contribution in [3.8, 4) is 0 Å². The summed E-state index contributed by atoms with van der Waals surface area (Å²) in [6.45, 7) is 1.85. The van der Waals surface area contributed by atoms with E-state index in [-0.39, 0.29) is 11.9 Å². The van der Waals surface area contributed by atoms with Gasteiger partial charge in [0.2, 0.25) is 0 Å². The summed E-state index contributed by atoms with van der Waals surface area (Å²) in [5.74, 6) is 0.322. The molecular formula is C16H17N3O3. The van der Waals surface area contributed by atoms with E-state index < -0.39 is 6.10 Å². The van der Waals surface area contributed by atoms with Crippen LogP contribution in [0, 0.1) is 0 Å². The van der Waals surface area contributed by atoms with Gasteiger partial charge < -0.3 is 14.8 Å². The molecule has 2 heterocycles. The first-order chi connectivity index (χ1) is 10.6. The van der Waals surface area contributed by atoms with E-state index in [1.807, 2.05) is 13.0 Å². The highest BCUT2D eigenvalue weighted by Gasteiger charge is 2.17. The van der Waals surface area contributed by atoms with Gasteiger partial charge >= 0.3 is 0 Å². The Hall–Kier alpha value is -2.60. The Morgan fingerprint density at radius 1 is 1.45 bits per heavy atom. The number of furan rings is 1. The average Bonchev–Trinajstić information content (AvgIpc) is 3.17. The predicted molar refractivity (Wildman–Crippen MR) is 81.3 cm³/mol. The summed E-state index contributed by atoms with van der Waals surface area (Å²) in [5.41, 5.74) is 1.45. The van der Waals surface area contributed by atoms with E-state index in [0.717, 1.165) is 10.9 Å². The highest BCUT2D eigenvalue weighted by Crippen LogP contribution is 2.19. The van der Waals surface area contributed by atoms with Crippen LogP contribution in [-0.2, 0) is 0 Å². The lowest BCUT2D eigenvalue weighted by atomic mass is 10.1. The number of carbonyl (C=O) groups excluding carboxylic acids is 1. The van der Waals surface area contributed by atoms with Gasteiger partial charge in [0, 0.05) is 23.4 Å². The fraction of sp³-hybridized carbons (Fsp3) is 0.250. The second-order valence-electron chi connectivity index (χ2n) is 5.31. The first-order valence-corrected chi connectivity index (χ1v) is 7.09. The number of carbonyl (C=O) groups is 1. The Morgan fingerprint density at radius 3 is 3.09 bits per heavy atom. The first kappa shape index (κ1) is 14.3. The van der Waals surface area contributed by atoms with Crippen LogP contribution in [0.2, 0.25) is 0 Å². The Bertz CT molecular complexity index is 764. The maximum atomic E-state index is 12.2. The predicted octanol–water partition coefficient (Wildman–Crippen LogP) is 2.40. The van der Waals surface area contributed by atoms with Gasteiger partial charge in [0.05, 0.1) is 18.0 Å². The number of benzene rings is 1. The summed E-state index contributed by atoms with van der Waals surface area (Å²) in [6, 6.07) is 8.59. The van der Waals surface area contributed by atoms with Crippen LogP contribution >= 0.6 is 0 Å². The van der Waals surface area contributed by atoms with Gasteiger partial charge in [-0.15, -0.1) is 0 Å². The van der Waals surface area contributed by atoms with E-state index in [2.05, 4.69) is 15.5 Å². The lowest BCUT2D eigenvalue weighted by Gasteiger charge is -2.16. The number of fused-ring (bicyclic) bond motifs is 1. The van der Waals surface area contributed by atoms with Crippen LogP contribution in [0.5, 0.6) is 0 Å². The number of nitrogens with one attached hydrogen (secondary N) is 2. The molecule has 2 unspecified atom stereocenters. The van der Waals surface area contributed by atoms with Gasteiger partial charge in [0.25, 0.3) is 5.91 Å². The van der Waals surface area contributed by atoms with Crippen LogP contribution < -0.4 is 5.32 Å². The van der Waals surface area contributed by atoms with E-state index in [1.165, 1.54) is 6.26 Å². The van der Waals surface area contributed by atoms with Crippen LogP contribution in [0.25, 0.3) is 10.9 Å². The van der Waals surface area contributed by atoms with Crippen molar-refractivity contribution in [3.05, 3.63) is 54.1 Å². The van der Waals surface area contributed by atoms with Gasteiger partial charge in [0.15, 0.2) is 0 Å². The van der Waals surface area contributed by atoms with Gasteiger partial charge in [-0.3, -0.25) is 9.89 Å². The maximum Gasteiger partial charge on any atom is 0.251 e. The molecule has 3 rings (SSSR count). The van der Waals surface area contributed by atoms with Gasteiger partial charge in [0.1, 0.15) is 11.9 Å². The van der Waals surface area contributed by atoms with Crippen LogP contribution in [0.3, 0.4) is 0 Å². The van der Waals surface area contributed by atoms with Crippen molar-refractivity contribution in [3.63, 3.8) is 0 Å². The molecule has 0 aliphatic carbocycles. The molecule has 0 spiro atoms. The van der Waals surface area contributed by atoms with Crippen LogP contribution in [0.15, 0.2) is 47.2 Å².